The van der Waals surface area contributed by atoms with Crippen molar-refractivity contribution in [2.75, 3.05) is 5.73 Å². The molecule has 0 aliphatic carbocycles. The minimum Gasteiger partial charge on any atom is -0.399 e. The third-order valence-electron chi connectivity index (χ3n) is 1.05. The van der Waals surface area contributed by atoms with E-state index >= 15 is 0 Å². The van der Waals surface area contributed by atoms with E-state index in [0.717, 1.165) is 0 Å². The molecule has 0 heterocycles. The summed E-state index contributed by atoms with van der Waals surface area (Å²) in [7, 11) is 5.26. The lowest BCUT2D eigenvalue weighted by Crippen LogP contribution is -2.09. The first-order chi connectivity index (χ1) is 4.20. The number of halogens is 1. The van der Waals surface area contributed by atoms with Gasteiger partial charge >= 0.3 is 0 Å². The molecular weight excluding hydrogens is 116 g/mol. The molecule has 1 aromatic rings. The van der Waals surface area contributed by atoms with E-state index in [1.54, 1.807) is 0 Å². The topological polar surface area (TPSA) is 26.0 Å². The van der Waals surface area contributed by atoms with Gasteiger partial charge in [-0.25, -0.2) is 4.39 Å². The van der Waals surface area contributed by atoms with Gasteiger partial charge in [0, 0.05) is 5.69 Å². The minimum atomic E-state index is -0.360. The number of nitrogens with two attached hydrogens (primary N) is 1. The van der Waals surface area contributed by atoms with Crippen LogP contribution in [0.5, 0.6) is 0 Å². The summed E-state index contributed by atoms with van der Waals surface area (Å²) in [5.41, 5.74) is 6.00. The van der Waals surface area contributed by atoms with Crippen LogP contribution in [-0.4, -0.2) is 7.85 Å². The van der Waals surface area contributed by atoms with Crippen molar-refractivity contribution in [3.63, 3.8) is 0 Å². The Balaban J connectivity index is 3.17. The molecule has 3 heteroatoms. The van der Waals surface area contributed by atoms with Crippen LogP contribution in [0.15, 0.2) is 18.2 Å². The average molecular weight is 121 g/mol. The Bertz CT molecular complexity index is 224. The molecule has 0 aliphatic rings. The molecule has 0 fully saturated rings. The SMILES string of the molecule is [B]c1cc(F)ccc1N. The van der Waals surface area contributed by atoms with Crippen LogP contribution in [0.25, 0.3) is 0 Å². The second-order valence-electron chi connectivity index (χ2n) is 1.77. The molecule has 0 saturated carbocycles. The number of benzene rings is 1. The second-order valence-corrected chi connectivity index (χ2v) is 1.77. The summed E-state index contributed by atoms with van der Waals surface area (Å²) >= 11 is 0. The number of nitrogen functional groups attached to an aromatic ring is 1. The Morgan fingerprint density at radius 3 is 2.56 bits per heavy atom. The Hall–Kier alpha value is -0.985. The van der Waals surface area contributed by atoms with Gasteiger partial charge in [-0.05, 0) is 18.2 Å². The molecule has 0 atom stereocenters. The van der Waals surface area contributed by atoms with Crippen molar-refractivity contribution in [3.8, 4) is 0 Å². The molecule has 1 aromatic carbocycles. The van der Waals surface area contributed by atoms with Crippen molar-refractivity contribution < 1.29 is 4.39 Å². The highest BCUT2D eigenvalue weighted by Crippen LogP contribution is 1.98. The van der Waals surface area contributed by atoms with Crippen molar-refractivity contribution in [3.05, 3.63) is 24.0 Å². The van der Waals surface area contributed by atoms with E-state index in [2.05, 4.69) is 0 Å². The monoisotopic (exact) mass is 121 g/mol. The van der Waals surface area contributed by atoms with Crippen LogP contribution >= 0.6 is 0 Å². The summed E-state index contributed by atoms with van der Waals surface area (Å²) in [6.45, 7) is 0. The molecule has 2 radical (unpaired) electrons. The lowest BCUT2D eigenvalue weighted by molar-refractivity contribution is 0.629. The van der Waals surface area contributed by atoms with E-state index in [4.69, 9.17) is 13.6 Å². The van der Waals surface area contributed by atoms with E-state index in [-0.39, 0.29) is 11.3 Å². The molecule has 0 saturated heterocycles. The molecule has 1 nitrogen and oxygen atoms in total. The third kappa shape index (κ3) is 1.22. The van der Waals surface area contributed by atoms with E-state index in [9.17, 15) is 4.39 Å². The van der Waals surface area contributed by atoms with Crippen molar-refractivity contribution >= 4 is 19.0 Å². The summed E-state index contributed by atoms with van der Waals surface area (Å²) < 4.78 is 12.2. The van der Waals surface area contributed by atoms with Gasteiger partial charge in [-0.2, -0.15) is 0 Å². The fourth-order valence-electron chi connectivity index (χ4n) is 0.546. The summed E-state index contributed by atoms with van der Waals surface area (Å²) in [5.74, 6) is -0.360. The molecule has 0 spiro atoms. The highest BCUT2D eigenvalue weighted by molar-refractivity contribution is 6.35. The van der Waals surface area contributed by atoms with Gasteiger partial charge in [0.25, 0.3) is 0 Å². The number of hydrogen-bond acceptors (Lipinski definition) is 1. The molecule has 0 unspecified atom stereocenters. The lowest BCUT2D eigenvalue weighted by Gasteiger charge is -1.96. The van der Waals surface area contributed by atoms with Crippen molar-refractivity contribution in [2.24, 2.45) is 0 Å². The largest absolute Gasteiger partial charge is 0.399 e. The summed E-state index contributed by atoms with van der Waals surface area (Å²) in [6, 6.07) is 3.89. The molecule has 44 valence electrons. The molecule has 0 aromatic heterocycles. The summed E-state index contributed by atoms with van der Waals surface area (Å²) in [5, 5.41) is 0. The van der Waals surface area contributed by atoms with Crippen LogP contribution in [0.2, 0.25) is 0 Å². The zero-order valence-corrected chi connectivity index (χ0v) is 4.76. The van der Waals surface area contributed by atoms with E-state index in [1.165, 1.54) is 18.2 Å². The fraction of sp³-hybridized carbons (Fsp3) is 0. The fourth-order valence-corrected chi connectivity index (χ4v) is 0.546. The van der Waals surface area contributed by atoms with Crippen LogP contribution in [-0.2, 0) is 0 Å². The maximum absolute atomic E-state index is 12.2. The van der Waals surface area contributed by atoms with Gasteiger partial charge in [0.05, 0.1) is 0 Å². The van der Waals surface area contributed by atoms with Crippen LogP contribution < -0.4 is 11.2 Å². The Morgan fingerprint density at radius 2 is 2.11 bits per heavy atom. The van der Waals surface area contributed by atoms with E-state index < -0.39 is 0 Å². The highest BCUT2D eigenvalue weighted by Gasteiger charge is 1.92. The summed E-state index contributed by atoms with van der Waals surface area (Å²) in [6.07, 6.45) is 0. The van der Waals surface area contributed by atoms with Gasteiger partial charge < -0.3 is 5.73 Å². The lowest BCUT2D eigenvalue weighted by atomic mass is 9.94. The van der Waals surface area contributed by atoms with Gasteiger partial charge in [-0.15, -0.1) is 0 Å². The first kappa shape index (κ1) is 6.14. The van der Waals surface area contributed by atoms with Crippen molar-refractivity contribution in [2.45, 2.75) is 0 Å². The first-order valence-corrected chi connectivity index (χ1v) is 2.50. The quantitative estimate of drug-likeness (QED) is 0.385. The molecule has 0 bridgehead atoms. The average Bonchev–Trinajstić information content (AvgIpc) is 1.80. The maximum Gasteiger partial charge on any atom is 0.122 e. The molecular formula is C6H5BFN. The normalized spacial score (nSPS) is 9.44. The van der Waals surface area contributed by atoms with Crippen LogP contribution in [0.3, 0.4) is 0 Å². The standard InChI is InChI=1S/C6H5BFN/c7-5-3-4(8)1-2-6(5)9/h1-3H,9H2. The minimum absolute atomic E-state index is 0.287. The Labute approximate surface area is 54.1 Å². The number of hydrogen-bond donors (Lipinski definition) is 1. The zero-order chi connectivity index (χ0) is 6.85. The van der Waals surface area contributed by atoms with Crippen molar-refractivity contribution in [1.82, 2.24) is 0 Å². The van der Waals surface area contributed by atoms with Crippen LogP contribution in [0.4, 0.5) is 10.1 Å². The number of rotatable bonds is 0. The highest BCUT2D eigenvalue weighted by atomic mass is 19.1. The Morgan fingerprint density at radius 1 is 1.44 bits per heavy atom. The van der Waals surface area contributed by atoms with Crippen molar-refractivity contribution in [1.29, 1.82) is 0 Å². The van der Waals surface area contributed by atoms with E-state index in [1.807, 2.05) is 0 Å². The van der Waals surface area contributed by atoms with Gasteiger partial charge in [0.1, 0.15) is 13.7 Å². The van der Waals surface area contributed by atoms with Crippen LogP contribution in [0, 0.1) is 5.82 Å². The third-order valence-corrected chi connectivity index (χ3v) is 1.05. The van der Waals surface area contributed by atoms with E-state index in [0.29, 0.717) is 5.69 Å². The van der Waals surface area contributed by atoms with Gasteiger partial charge in [-0.1, -0.05) is 5.46 Å². The predicted molar refractivity (Wildman–Crippen MR) is 36.2 cm³/mol. The zero-order valence-electron chi connectivity index (χ0n) is 4.76. The summed E-state index contributed by atoms with van der Waals surface area (Å²) in [4.78, 5) is 0. The Kier molecular flexibility index (Phi) is 1.43. The molecule has 9 heavy (non-hydrogen) atoms. The first-order valence-electron chi connectivity index (χ1n) is 2.50. The second kappa shape index (κ2) is 2.09. The maximum atomic E-state index is 12.2. The van der Waals surface area contributed by atoms with Gasteiger partial charge in [-0.3, -0.25) is 0 Å². The molecule has 2 N–H and O–H groups in total. The molecule has 0 amide bonds. The molecule has 1 rings (SSSR count). The van der Waals surface area contributed by atoms with Gasteiger partial charge in [0.2, 0.25) is 0 Å². The smallest absolute Gasteiger partial charge is 0.122 e. The number of anilines is 1. The van der Waals surface area contributed by atoms with Gasteiger partial charge in [0.15, 0.2) is 0 Å². The van der Waals surface area contributed by atoms with Crippen LogP contribution in [0.1, 0.15) is 0 Å². The predicted octanol–water partition coefficient (Wildman–Crippen LogP) is 0.202. The molecule has 0 aliphatic heterocycles.